The van der Waals surface area contributed by atoms with Crippen LogP contribution < -0.4 is 10.6 Å². The van der Waals surface area contributed by atoms with Crippen LogP contribution in [0, 0.1) is 0 Å². The van der Waals surface area contributed by atoms with E-state index in [1.807, 2.05) is 13.0 Å². The Balaban J connectivity index is 2.45. The van der Waals surface area contributed by atoms with E-state index in [1.165, 1.54) is 7.11 Å². The van der Waals surface area contributed by atoms with E-state index in [0.29, 0.717) is 31.6 Å². The largest absolute Gasteiger partial charge is 0.465 e. The number of rotatable bonds is 7. The number of carbonyl (C=O) groups excluding carboxylic acids is 2. The third-order valence-electron chi connectivity index (χ3n) is 2.69. The van der Waals surface area contributed by atoms with Gasteiger partial charge in [-0.05, 0) is 24.6 Å². The third kappa shape index (κ3) is 5.30. The summed E-state index contributed by atoms with van der Waals surface area (Å²) < 4.78 is 5.50. The van der Waals surface area contributed by atoms with Crippen LogP contribution >= 0.6 is 15.9 Å². The van der Waals surface area contributed by atoms with Crippen molar-refractivity contribution >= 4 is 27.8 Å². The Bertz CT molecular complexity index is 477. The normalized spacial score (nSPS) is 10.2. The van der Waals surface area contributed by atoms with Crippen LogP contribution in [0.3, 0.4) is 0 Å². The first-order valence-electron chi connectivity index (χ1n) is 6.42. The van der Waals surface area contributed by atoms with E-state index in [0.717, 1.165) is 10.0 Å². The third-order valence-corrected chi connectivity index (χ3v) is 3.43. The van der Waals surface area contributed by atoms with Gasteiger partial charge in [0.15, 0.2) is 0 Å². The highest BCUT2D eigenvalue weighted by molar-refractivity contribution is 9.10. The lowest BCUT2D eigenvalue weighted by atomic mass is 10.1. The van der Waals surface area contributed by atoms with Crippen LogP contribution in [0.2, 0.25) is 0 Å². The van der Waals surface area contributed by atoms with Crippen LogP contribution in [0.5, 0.6) is 0 Å². The maximum absolute atomic E-state index is 11.4. The average molecular weight is 343 g/mol. The van der Waals surface area contributed by atoms with Crippen LogP contribution in [0.15, 0.2) is 22.7 Å². The molecule has 1 rings (SSSR count). The van der Waals surface area contributed by atoms with Crippen molar-refractivity contribution in [3.05, 3.63) is 33.8 Å². The average Bonchev–Trinajstić information content (AvgIpc) is 2.44. The van der Waals surface area contributed by atoms with E-state index in [1.54, 1.807) is 12.1 Å². The van der Waals surface area contributed by atoms with E-state index in [4.69, 9.17) is 0 Å². The van der Waals surface area contributed by atoms with Gasteiger partial charge in [0, 0.05) is 30.5 Å². The highest BCUT2D eigenvalue weighted by Gasteiger charge is 2.08. The second kappa shape index (κ2) is 8.71. The van der Waals surface area contributed by atoms with E-state index in [9.17, 15) is 9.59 Å². The SMILES string of the molecule is CCNC(=O)CCNCc1ccc(C(=O)OC)cc1Br. The Morgan fingerprint density at radius 2 is 2.10 bits per heavy atom. The van der Waals surface area contributed by atoms with Crippen molar-refractivity contribution in [3.8, 4) is 0 Å². The first-order chi connectivity index (χ1) is 9.58. The monoisotopic (exact) mass is 342 g/mol. The smallest absolute Gasteiger partial charge is 0.337 e. The molecule has 0 heterocycles. The number of amides is 1. The van der Waals surface area contributed by atoms with Crippen molar-refractivity contribution in [2.45, 2.75) is 19.9 Å². The minimum Gasteiger partial charge on any atom is -0.465 e. The molecule has 1 aromatic rings. The van der Waals surface area contributed by atoms with Gasteiger partial charge in [0.1, 0.15) is 0 Å². The van der Waals surface area contributed by atoms with Gasteiger partial charge in [0.2, 0.25) is 5.91 Å². The zero-order chi connectivity index (χ0) is 15.0. The zero-order valence-electron chi connectivity index (χ0n) is 11.7. The van der Waals surface area contributed by atoms with Crippen molar-refractivity contribution in [2.75, 3.05) is 20.2 Å². The molecule has 0 bridgehead atoms. The minimum absolute atomic E-state index is 0.0418. The molecule has 0 aliphatic carbocycles. The molecule has 0 fully saturated rings. The summed E-state index contributed by atoms with van der Waals surface area (Å²) in [5, 5.41) is 5.93. The number of ether oxygens (including phenoxy) is 1. The van der Waals surface area contributed by atoms with E-state index >= 15 is 0 Å². The number of benzene rings is 1. The van der Waals surface area contributed by atoms with E-state index in [2.05, 4.69) is 31.3 Å². The summed E-state index contributed by atoms with van der Waals surface area (Å²) in [6.07, 6.45) is 0.450. The molecule has 0 aliphatic heterocycles. The number of esters is 1. The molecule has 110 valence electrons. The van der Waals surface area contributed by atoms with Crippen LogP contribution in [-0.4, -0.2) is 32.1 Å². The molecule has 0 unspecified atom stereocenters. The molecular weight excluding hydrogens is 324 g/mol. The maximum Gasteiger partial charge on any atom is 0.337 e. The van der Waals surface area contributed by atoms with Gasteiger partial charge in [-0.3, -0.25) is 4.79 Å². The van der Waals surface area contributed by atoms with E-state index in [-0.39, 0.29) is 11.9 Å². The molecule has 0 radical (unpaired) electrons. The first-order valence-corrected chi connectivity index (χ1v) is 7.22. The van der Waals surface area contributed by atoms with Crippen LogP contribution in [-0.2, 0) is 16.1 Å². The molecule has 2 N–H and O–H groups in total. The van der Waals surface area contributed by atoms with Crippen molar-refractivity contribution in [1.82, 2.24) is 10.6 Å². The molecule has 1 aromatic carbocycles. The van der Waals surface area contributed by atoms with Crippen LogP contribution in [0.1, 0.15) is 29.3 Å². The van der Waals surface area contributed by atoms with Gasteiger partial charge in [-0.2, -0.15) is 0 Å². The second-order valence-corrected chi connectivity index (χ2v) is 5.03. The topological polar surface area (TPSA) is 67.4 Å². The van der Waals surface area contributed by atoms with Gasteiger partial charge in [-0.25, -0.2) is 4.79 Å². The molecule has 0 atom stereocenters. The molecule has 0 aromatic heterocycles. The number of carbonyl (C=O) groups is 2. The Hall–Kier alpha value is -1.40. The summed E-state index contributed by atoms with van der Waals surface area (Å²) in [5.74, 6) is -0.318. The molecule has 1 amide bonds. The summed E-state index contributed by atoms with van der Waals surface area (Å²) in [7, 11) is 1.35. The predicted molar refractivity (Wildman–Crippen MR) is 80.5 cm³/mol. The fourth-order valence-corrected chi connectivity index (χ4v) is 2.17. The standard InChI is InChI=1S/C14H19BrN2O3/c1-3-17-13(18)6-7-16-9-11-5-4-10(8-12(11)15)14(19)20-2/h4-5,8,16H,3,6-7,9H2,1-2H3,(H,17,18). The van der Waals surface area contributed by atoms with Gasteiger partial charge < -0.3 is 15.4 Å². The number of nitrogens with one attached hydrogen (secondary N) is 2. The van der Waals surface area contributed by atoms with Gasteiger partial charge in [0.05, 0.1) is 12.7 Å². The zero-order valence-corrected chi connectivity index (χ0v) is 13.2. The summed E-state index contributed by atoms with van der Waals surface area (Å²) in [4.78, 5) is 22.6. The van der Waals surface area contributed by atoms with Crippen molar-refractivity contribution in [2.24, 2.45) is 0 Å². The molecular formula is C14H19BrN2O3. The van der Waals surface area contributed by atoms with Gasteiger partial charge in [-0.15, -0.1) is 0 Å². The molecule has 0 saturated heterocycles. The van der Waals surface area contributed by atoms with Crippen molar-refractivity contribution in [1.29, 1.82) is 0 Å². The molecule has 20 heavy (non-hydrogen) atoms. The second-order valence-electron chi connectivity index (χ2n) is 4.18. The Morgan fingerprint density at radius 3 is 2.70 bits per heavy atom. The Labute approximate surface area is 127 Å². The molecule has 0 aliphatic rings. The summed E-state index contributed by atoms with van der Waals surface area (Å²) >= 11 is 3.42. The fourth-order valence-electron chi connectivity index (χ4n) is 1.65. The lowest BCUT2D eigenvalue weighted by molar-refractivity contribution is -0.120. The van der Waals surface area contributed by atoms with Gasteiger partial charge in [0.25, 0.3) is 0 Å². The Morgan fingerprint density at radius 1 is 1.35 bits per heavy atom. The molecule has 6 heteroatoms. The van der Waals surface area contributed by atoms with Crippen LogP contribution in [0.4, 0.5) is 0 Å². The van der Waals surface area contributed by atoms with Gasteiger partial charge >= 0.3 is 5.97 Å². The quantitative estimate of drug-likeness (QED) is 0.586. The summed E-state index contributed by atoms with van der Waals surface area (Å²) in [6.45, 7) is 3.78. The lowest BCUT2D eigenvalue weighted by Crippen LogP contribution is -2.27. The summed E-state index contributed by atoms with van der Waals surface area (Å²) in [5.41, 5.74) is 1.53. The molecule has 5 nitrogen and oxygen atoms in total. The summed E-state index contributed by atoms with van der Waals surface area (Å²) in [6, 6.07) is 5.31. The van der Waals surface area contributed by atoms with Crippen molar-refractivity contribution < 1.29 is 14.3 Å². The lowest BCUT2D eigenvalue weighted by Gasteiger charge is -2.08. The van der Waals surface area contributed by atoms with Crippen molar-refractivity contribution in [3.63, 3.8) is 0 Å². The Kier molecular flexibility index (Phi) is 7.25. The van der Waals surface area contributed by atoms with Gasteiger partial charge in [-0.1, -0.05) is 22.0 Å². The number of hydrogen-bond donors (Lipinski definition) is 2. The highest BCUT2D eigenvalue weighted by atomic mass is 79.9. The number of halogens is 1. The first kappa shape index (κ1) is 16.7. The molecule has 0 spiro atoms. The molecule has 0 saturated carbocycles. The minimum atomic E-state index is -0.360. The fraction of sp³-hybridized carbons (Fsp3) is 0.429. The number of methoxy groups -OCH3 is 1. The predicted octanol–water partition coefficient (Wildman–Crippen LogP) is 1.85. The maximum atomic E-state index is 11.4. The van der Waals surface area contributed by atoms with E-state index < -0.39 is 0 Å². The highest BCUT2D eigenvalue weighted by Crippen LogP contribution is 2.19. The van der Waals surface area contributed by atoms with Crippen LogP contribution in [0.25, 0.3) is 0 Å². The number of hydrogen-bond acceptors (Lipinski definition) is 4.